The molecule has 0 spiro atoms. The summed E-state index contributed by atoms with van der Waals surface area (Å²) in [7, 11) is -0.942. The van der Waals surface area contributed by atoms with Gasteiger partial charge in [0.2, 0.25) is 9.04 Å². The van der Waals surface area contributed by atoms with Crippen LogP contribution in [0, 0.1) is 11.8 Å². The number of hydrogen-bond acceptors (Lipinski definition) is 2. The SMILES string of the molecule is CC(C)(C)[Si](O[C@@H]1CCCC1C1CCOC1c1ccccc1)C(C)(C)C. The zero-order valence-electron chi connectivity index (χ0n) is 17.5. The third-order valence-corrected chi connectivity index (χ3v) is 9.21. The number of ether oxygens (including phenoxy) is 1. The minimum absolute atomic E-state index is 0.251. The van der Waals surface area contributed by atoms with Gasteiger partial charge in [0.05, 0.1) is 6.10 Å². The normalized spacial score (nSPS) is 30.3. The molecule has 0 bridgehead atoms. The van der Waals surface area contributed by atoms with Crippen LogP contribution in [-0.4, -0.2) is 21.8 Å². The van der Waals surface area contributed by atoms with Gasteiger partial charge in [-0.15, -0.1) is 0 Å². The molecule has 1 radical (unpaired) electrons. The van der Waals surface area contributed by atoms with E-state index in [1.807, 2.05) is 0 Å². The first-order chi connectivity index (χ1) is 12.2. The molecule has 1 aliphatic heterocycles. The molecule has 1 aromatic rings. The lowest BCUT2D eigenvalue weighted by atomic mass is 9.82. The predicted molar refractivity (Wildman–Crippen MR) is 111 cm³/mol. The molecule has 4 atom stereocenters. The third kappa shape index (κ3) is 4.43. The molecule has 1 saturated heterocycles. The van der Waals surface area contributed by atoms with Gasteiger partial charge >= 0.3 is 0 Å². The summed E-state index contributed by atoms with van der Waals surface area (Å²) < 4.78 is 13.2. The van der Waals surface area contributed by atoms with E-state index in [2.05, 4.69) is 71.9 Å². The van der Waals surface area contributed by atoms with Gasteiger partial charge in [0.15, 0.2) is 0 Å². The summed E-state index contributed by atoms with van der Waals surface area (Å²) in [6, 6.07) is 10.8. The van der Waals surface area contributed by atoms with Gasteiger partial charge in [-0.2, -0.15) is 0 Å². The molecule has 2 nitrogen and oxygen atoms in total. The Labute approximate surface area is 162 Å². The lowest BCUT2D eigenvalue weighted by Gasteiger charge is -2.41. The van der Waals surface area contributed by atoms with Crippen molar-refractivity contribution in [2.24, 2.45) is 11.8 Å². The van der Waals surface area contributed by atoms with Crippen molar-refractivity contribution in [3.8, 4) is 0 Å². The summed E-state index contributed by atoms with van der Waals surface area (Å²) >= 11 is 0. The fourth-order valence-corrected chi connectivity index (χ4v) is 8.80. The fraction of sp³-hybridized carbons (Fsp3) is 0.739. The summed E-state index contributed by atoms with van der Waals surface area (Å²) in [5, 5.41) is 0.502. The van der Waals surface area contributed by atoms with Gasteiger partial charge in [-0.3, -0.25) is 0 Å². The zero-order valence-corrected chi connectivity index (χ0v) is 18.5. The maximum absolute atomic E-state index is 7.00. The van der Waals surface area contributed by atoms with Crippen LogP contribution >= 0.6 is 0 Å². The Balaban J connectivity index is 1.77. The summed E-state index contributed by atoms with van der Waals surface area (Å²) in [5.41, 5.74) is 1.35. The molecule has 3 unspecified atom stereocenters. The Kier molecular flexibility index (Phi) is 6.01. The van der Waals surface area contributed by atoms with Gasteiger partial charge in [0, 0.05) is 12.7 Å². The second-order valence-electron chi connectivity index (χ2n) is 10.2. The monoisotopic (exact) mass is 373 g/mol. The lowest BCUT2D eigenvalue weighted by molar-refractivity contribution is 0.0434. The molecule has 0 N–H and O–H groups in total. The minimum atomic E-state index is -0.942. The van der Waals surface area contributed by atoms with Crippen LogP contribution < -0.4 is 0 Å². The number of hydrogen-bond donors (Lipinski definition) is 0. The zero-order chi connectivity index (χ0) is 18.9. The van der Waals surface area contributed by atoms with Crippen LogP contribution in [0.2, 0.25) is 10.1 Å². The maximum Gasteiger partial charge on any atom is 0.223 e. The first kappa shape index (κ1) is 20.1. The maximum atomic E-state index is 7.00. The second kappa shape index (κ2) is 7.77. The van der Waals surface area contributed by atoms with Crippen LogP contribution in [-0.2, 0) is 9.16 Å². The van der Waals surface area contributed by atoms with Gasteiger partial charge < -0.3 is 9.16 Å². The minimum Gasteiger partial charge on any atom is -0.412 e. The highest BCUT2D eigenvalue weighted by Crippen LogP contribution is 2.49. The molecule has 2 aliphatic rings. The predicted octanol–water partition coefficient (Wildman–Crippen LogP) is 6.54. The Bertz CT molecular complexity index is 558. The van der Waals surface area contributed by atoms with E-state index in [0.29, 0.717) is 17.9 Å². The van der Waals surface area contributed by atoms with Crippen molar-refractivity contribution in [1.82, 2.24) is 0 Å². The largest absolute Gasteiger partial charge is 0.412 e. The average Bonchev–Trinajstić information content (AvgIpc) is 3.19. The second-order valence-corrected chi connectivity index (χ2v) is 14.1. The fourth-order valence-electron chi connectivity index (χ4n) is 5.25. The molecular weight excluding hydrogens is 336 g/mol. The summed E-state index contributed by atoms with van der Waals surface area (Å²) in [5.74, 6) is 1.25. The smallest absolute Gasteiger partial charge is 0.223 e. The molecule has 1 aliphatic carbocycles. The Morgan fingerprint density at radius 1 is 0.885 bits per heavy atom. The van der Waals surface area contributed by atoms with Gasteiger partial charge in [-0.05, 0) is 46.7 Å². The quantitative estimate of drug-likeness (QED) is 0.558. The molecule has 0 amide bonds. The van der Waals surface area contributed by atoms with E-state index >= 15 is 0 Å². The highest BCUT2D eigenvalue weighted by Gasteiger charge is 2.46. The molecule has 1 heterocycles. The standard InChI is InChI=1S/C23H37O2Si/c1-22(2,3)26(23(4,5)6)25-20-14-10-13-18(20)19-15-16-24-21(19)17-11-8-7-9-12-17/h7-9,11-12,18-21H,10,13-16H2,1-6H3/t18?,19?,20-,21?/m1/s1. The summed E-state index contributed by atoms with van der Waals surface area (Å²) in [6.07, 6.45) is 5.67. The molecule has 1 aromatic carbocycles. The molecule has 2 fully saturated rings. The molecule has 1 saturated carbocycles. The molecular formula is C23H37O2Si. The van der Waals surface area contributed by atoms with E-state index in [1.165, 1.54) is 31.2 Å². The summed E-state index contributed by atoms with van der Waals surface area (Å²) in [6.45, 7) is 15.1. The van der Waals surface area contributed by atoms with E-state index in [-0.39, 0.29) is 16.2 Å². The van der Waals surface area contributed by atoms with Crippen LogP contribution in [0.1, 0.15) is 78.9 Å². The van der Waals surface area contributed by atoms with Crippen molar-refractivity contribution in [2.75, 3.05) is 6.61 Å². The van der Waals surface area contributed by atoms with Crippen molar-refractivity contribution in [2.45, 2.75) is 89.5 Å². The molecule has 3 heteroatoms. The molecule has 3 rings (SSSR count). The first-order valence-corrected chi connectivity index (χ1v) is 11.8. The van der Waals surface area contributed by atoms with Crippen molar-refractivity contribution in [3.63, 3.8) is 0 Å². The van der Waals surface area contributed by atoms with Crippen LogP contribution in [0.5, 0.6) is 0 Å². The van der Waals surface area contributed by atoms with Crippen LogP contribution in [0.4, 0.5) is 0 Å². The van der Waals surface area contributed by atoms with E-state index in [1.54, 1.807) is 0 Å². The Morgan fingerprint density at radius 3 is 2.15 bits per heavy atom. The molecule has 26 heavy (non-hydrogen) atoms. The van der Waals surface area contributed by atoms with Crippen molar-refractivity contribution in [3.05, 3.63) is 35.9 Å². The topological polar surface area (TPSA) is 18.5 Å². The van der Waals surface area contributed by atoms with E-state index < -0.39 is 9.04 Å². The van der Waals surface area contributed by atoms with E-state index in [0.717, 1.165) is 6.61 Å². The number of benzene rings is 1. The van der Waals surface area contributed by atoms with Crippen LogP contribution in [0.25, 0.3) is 0 Å². The van der Waals surface area contributed by atoms with Gasteiger partial charge in [0.25, 0.3) is 0 Å². The van der Waals surface area contributed by atoms with Gasteiger partial charge in [0.1, 0.15) is 0 Å². The Hall–Kier alpha value is -0.643. The van der Waals surface area contributed by atoms with Crippen molar-refractivity contribution in [1.29, 1.82) is 0 Å². The molecule has 145 valence electrons. The van der Waals surface area contributed by atoms with Gasteiger partial charge in [-0.25, -0.2) is 0 Å². The van der Waals surface area contributed by atoms with Crippen LogP contribution in [0.3, 0.4) is 0 Å². The van der Waals surface area contributed by atoms with Gasteiger partial charge in [-0.1, -0.05) is 78.3 Å². The molecule has 0 aromatic heterocycles. The van der Waals surface area contributed by atoms with Crippen LogP contribution in [0.15, 0.2) is 30.3 Å². The van der Waals surface area contributed by atoms with E-state index in [9.17, 15) is 0 Å². The first-order valence-electron chi connectivity index (χ1n) is 10.4. The van der Waals surface area contributed by atoms with Crippen molar-refractivity contribution >= 4 is 9.04 Å². The number of rotatable bonds is 4. The summed E-state index contributed by atoms with van der Waals surface area (Å²) in [4.78, 5) is 0. The lowest BCUT2D eigenvalue weighted by Crippen LogP contribution is -2.43. The average molecular weight is 374 g/mol. The van der Waals surface area contributed by atoms with Crippen molar-refractivity contribution < 1.29 is 9.16 Å². The highest BCUT2D eigenvalue weighted by atomic mass is 28.3. The Morgan fingerprint density at radius 2 is 1.54 bits per heavy atom. The third-order valence-electron chi connectivity index (χ3n) is 5.95. The van der Waals surface area contributed by atoms with E-state index in [4.69, 9.17) is 9.16 Å². The highest BCUT2D eigenvalue weighted by molar-refractivity contribution is 6.58.